The molecule has 3 rings (SSSR count). The molecule has 1 unspecified atom stereocenters. The van der Waals surface area contributed by atoms with Gasteiger partial charge < -0.3 is 10.7 Å². The first-order valence-corrected chi connectivity index (χ1v) is 5.43. The van der Waals surface area contributed by atoms with Gasteiger partial charge in [-0.3, -0.25) is 0 Å². The average Bonchev–Trinajstić information content (AvgIpc) is 2.66. The second-order valence-electron chi connectivity index (χ2n) is 4.44. The predicted octanol–water partition coefficient (Wildman–Crippen LogP) is 3.13. The standard InChI is InChI=1S/C12H11F3N2/c13-12(14,15)7-3-8-9(16)2-1-6-5-17-10(4-7)11(6)8/h3-5,9,17H,1-2,16H2. The van der Waals surface area contributed by atoms with E-state index in [9.17, 15) is 13.2 Å². The number of nitrogens with one attached hydrogen (secondary N) is 1. The number of H-pyrrole nitrogens is 1. The van der Waals surface area contributed by atoms with E-state index >= 15 is 0 Å². The van der Waals surface area contributed by atoms with Crippen LogP contribution in [-0.2, 0) is 12.6 Å². The number of alkyl halides is 3. The minimum Gasteiger partial charge on any atom is -0.361 e. The number of nitrogens with two attached hydrogens (primary N) is 1. The summed E-state index contributed by atoms with van der Waals surface area (Å²) in [4.78, 5) is 2.90. The molecule has 0 amide bonds. The van der Waals surface area contributed by atoms with Crippen molar-refractivity contribution in [3.05, 3.63) is 35.0 Å². The number of benzene rings is 1. The summed E-state index contributed by atoms with van der Waals surface area (Å²) in [5.41, 5.74) is 7.46. The molecule has 0 radical (unpaired) electrons. The van der Waals surface area contributed by atoms with Crippen LogP contribution in [0.15, 0.2) is 18.3 Å². The van der Waals surface area contributed by atoms with Gasteiger partial charge in [0.25, 0.3) is 0 Å². The smallest absolute Gasteiger partial charge is 0.361 e. The van der Waals surface area contributed by atoms with Crippen molar-refractivity contribution in [2.24, 2.45) is 5.73 Å². The van der Waals surface area contributed by atoms with E-state index in [4.69, 9.17) is 5.73 Å². The lowest BCUT2D eigenvalue weighted by molar-refractivity contribution is -0.137. The summed E-state index contributed by atoms with van der Waals surface area (Å²) in [5, 5.41) is 0.872. The molecule has 1 atom stereocenters. The maximum Gasteiger partial charge on any atom is 0.416 e. The third-order valence-electron chi connectivity index (χ3n) is 3.34. The molecule has 0 saturated heterocycles. The molecule has 2 nitrogen and oxygen atoms in total. The van der Waals surface area contributed by atoms with Gasteiger partial charge in [-0.05, 0) is 36.1 Å². The summed E-state index contributed by atoms with van der Waals surface area (Å²) < 4.78 is 38.2. The number of hydrogen-bond donors (Lipinski definition) is 2. The number of hydrogen-bond acceptors (Lipinski definition) is 1. The van der Waals surface area contributed by atoms with Gasteiger partial charge in [0.15, 0.2) is 0 Å². The molecule has 90 valence electrons. The van der Waals surface area contributed by atoms with Crippen molar-refractivity contribution in [2.75, 3.05) is 0 Å². The van der Waals surface area contributed by atoms with Crippen LogP contribution in [0, 0.1) is 0 Å². The third-order valence-corrected chi connectivity index (χ3v) is 3.34. The van der Waals surface area contributed by atoms with Gasteiger partial charge in [-0.2, -0.15) is 13.2 Å². The lowest BCUT2D eigenvalue weighted by Gasteiger charge is -2.21. The lowest BCUT2D eigenvalue weighted by Crippen LogP contribution is -2.17. The average molecular weight is 240 g/mol. The van der Waals surface area contributed by atoms with Crippen LogP contribution in [0.3, 0.4) is 0 Å². The molecule has 0 saturated carbocycles. The second-order valence-corrected chi connectivity index (χ2v) is 4.44. The normalized spacial score (nSPS) is 19.9. The fraction of sp³-hybridized carbons (Fsp3) is 0.333. The number of halogens is 3. The van der Waals surface area contributed by atoms with E-state index < -0.39 is 11.7 Å². The Kier molecular flexibility index (Phi) is 2.04. The molecule has 0 spiro atoms. The highest BCUT2D eigenvalue weighted by Crippen LogP contribution is 2.39. The van der Waals surface area contributed by atoms with Crippen LogP contribution < -0.4 is 5.73 Å². The summed E-state index contributed by atoms with van der Waals surface area (Å²) in [6, 6.07) is 2.03. The Bertz CT molecular complexity index is 583. The second kappa shape index (κ2) is 3.26. The van der Waals surface area contributed by atoms with Crippen LogP contribution in [-0.4, -0.2) is 4.98 Å². The maximum atomic E-state index is 12.7. The lowest BCUT2D eigenvalue weighted by atomic mass is 9.88. The molecule has 3 N–H and O–H groups in total. The molecule has 5 heteroatoms. The van der Waals surface area contributed by atoms with Crippen molar-refractivity contribution in [3.63, 3.8) is 0 Å². The first-order valence-electron chi connectivity index (χ1n) is 5.43. The van der Waals surface area contributed by atoms with Gasteiger partial charge >= 0.3 is 6.18 Å². The van der Waals surface area contributed by atoms with Crippen LogP contribution in [0.5, 0.6) is 0 Å². The minimum atomic E-state index is -4.33. The van der Waals surface area contributed by atoms with Crippen LogP contribution >= 0.6 is 0 Å². The molecule has 1 aromatic heterocycles. The zero-order valence-corrected chi connectivity index (χ0v) is 8.93. The minimum absolute atomic E-state index is 0.303. The molecule has 1 aliphatic rings. The number of aryl methyl sites for hydroxylation is 1. The van der Waals surface area contributed by atoms with Crippen molar-refractivity contribution in [1.29, 1.82) is 0 Å². The topological polar surface area (TPSA) is 41.8 Å². The molecule has 0 bridgehead atoms. The summed E-state index contributed by atoms with van der Waals surface area (Å²) in [6.07, 6.45) is -1.03. The zero-order valence-electron chi connectivity index (χ0n) is 8.93. The molecule has 0 fully saturated rings. The summed E-state index contributed by atoms with van der Waals surface area (Å²) >= 11 is 0. The Hall–Kier alpha value is -1.49. The molecule has 0 aliphatic heterocycles. The monoisotopic (exact) mass is 240 g/mol. The van der Waals surface area contributed by atoms with Crippen molar-refractivity contribution >= 4 is 10.9 Å². The first kappa shape index (κ1) is 10.7. The van der Waals surface area contributed by atoms with E-state index in [0.717, 1.165) is 23.4 Å². The van der Waals surface area contributed by atoms with Gasteiger partial charge in [-0.25, -0.2) is 0 Å². The van der Waals surface area contributed by atoms with Crippen LogP contribution in [0.1, 0.15) is 29.2 Å². The molecule has 1 heterocycles. The van der Waals surface area contributed by atoms with Crippen molar-refractivity contribution in [1.82, 2.24) is 4.98 Å². The van der Waals surface area contributed by atoms with Crippen molar-refractivity contribution in [2.45, 2.75) is 25.1 Å². The van der Waals surface area contributed by atoms with Gasteiger partial charge in [0.05, 0.1) is 5.56 Å². The molecule has 2 aromatic rings. The first-order chi connectivity index (χ1) is 7.97. The highest BCUT2D eigenvalue weighted by Gasteiger charge is 2.33. The Morgan fingerprint density at radius 3 is 2.76 bits per heavy atom. The zero-order chi connectivity index (χ0) is 12.2. The molecular weight excluding hydrogens is 229 g/mol. The SMILES string of the molecule is NC1CCc2c[nH]c3cc(C(F)(F)F)cc1c23. The number of rotatable bonds is 0. The highest BCUT2D eigenvalue weighted by atomic mass is 19.4. The fourth-order valence-electron chi connectivity index (χ4n) is 2.49. The van der Waals surface area contributed by atoms with Gasteiger partial charge in [0, 0.05) is 23.1 Å². The Balaban J connectivity index is 2.33. The maximum absolute atomic E-state index is 12.7. The third kappa shape index (κ3) is 1.53. The van der Waals surface area contributed by atoms with E-state index in [1.165, 1.54) is 6.07 Å². The summed E-state index contributed by atoms with van der Waals surface area (Å²) in [5.74, 6) is 0. The van der Waals surface area contributed by atoms with E-state index in [0.29, 0.717) is 17.5 Å². The quantitative estimate of drug-likeness (QED) is 0.729. The fourth-order valence-corrected chi connectivity index (χ4v) is 2.49. The van der Waals surface area contributed by atoms with Crippen LogP contribution in [0.4, 0.5) is 13.2 Å². The molecule has 1 aromatic carbocycles. The Morgan fingerprint density at radius 1 is 1.29 bits per heavy atom. The van der Waals surface area contributed by atoms with Crippen molar-refractivity contribution < 1.29 is 13.2 Å². The van der Waals surface area contributed by atoms with E-state index in [-0.39, 0.29) is 6.04 Å². The van der Waals surface area contributed by atoms with E-state index in [1.54, 1.807) is 6.20 Å². The van der Waals surface area contributed by atoms with Crippen LogP contribution in [0.2, 0.25) is 0 Å². The molecule has 17 heavy (non-hydrogen) atoms. The van der Waals surface area contributed by atoms with Gasteiger partial charge in [0.1, 0.15) is 0 Å². The van der Waals surface area contributed by atoms with Gasteiger partial charge in [-0.15, -0.1) is 0 Å². The largest absolute Gasteiger partial charge is 0.416 e. The Morgan fingerprint density at radius 2 is 2.06 bits per heavy atom. The van der Waals surface area contributed by atoms with E-state index in [1.807, 2.05) is 0 Å². The number of aromatic nitrogens is 1. The highest BCUT2D eigenvalue weighted by molar-refractivity contribution is 5.88. The summed E-state index contributed by atoms with van der Waals surface area (Å²) in [6.45, 7) is 0. The molecular formula is C12H11F3N2. The summed E-state index contributed by atoms with van der Waals surface area (Å²) in [7, 11) is 0. The van der Waals surface area contributed by atoms with E-state index in [2.05, 4.69) is 4.98 Å². The van der Waals surface area contributed by atoms with Gasteiger partial charge in [-0.1, -0.05) is 0 Å². The van der Waals surface area contributed by atoms with Crippen molar-refractivity contribution in [3.8, 4) is 0 Å². The molecule has 1 aliphatic carbocycles. The van der Waals surface area contributed by atoms with Gasteiger partial charge in [0.2, 0.25) is 0 Å². The van der Waals surface area contributed by atoms with Crippen LogP contribution in [0.25, 0.3) is 10.9 Å². The predicted molar refractivity (Wildman–Crippen MR) is 58.6 cm³/mol. The Labute approximate surface area is 95.6 Å². The number of aromatic amines is 1.